The SMILES string of the molecule is Cc1cc2c(NC3(CCl)CCOCC3)nccn2n1. The van der Waals surface area contributed by atoms with Gasteiger partial charge in [0.1, 0.15) is 5.52 Å². The standard InChI is InChI=1S/C13H17ClN4O/c1-10-8-11-12(15-4-5-18(11)17-10)16-13(9-14)2-6-19-7-3-13/h4-5,8H,2-3,6-7,9H2,1H3,(H,15,16). The Morgan fingerprint density at radius 3 is 3.00 bits per heavy atom. The second-order valence-corrected chi connectivity index (χ2v) is 5.31. The van der Waals surface area contributed by atoms with E-state index in [1.165, 1.54) is 0 Å². The lowest BCUT2D eigenvalue weighted by atomic mass is 9.92. The molecule has 0 aliphatic carbocycles. The zero-order chi connectivity index (χ0) is 13.3. The molecule has 0 saturated carbocycles. The van der Waals surface area contributed by atoms with Crippen LogP contribution in [-0.4, -0.2) is 39.2 Å². The molecule has 1 fully saturated rings. The molecule has 2 aromatic rings. The Hall–Kier alpha value is -1.33. The molecule has 0 radical (unpaired) electrons. The van der Waals surface area contributed by atoms with E-state index in [0.717, 1.165) is 43.1 Å². The van der Waals surface area contributed by atoms with Crippen LogP contribution in [0.1, 0.15) is 18.5 Å². The lowest BCUT2D eigenvalue weighted by Crippen LogP contribution is -2.45. The molecule has 5 nitrogen and oxygen atoms in total. The maximum Gasteiger partial charge on any atom is 0.152 e. The van der Waals surface area contributed by atoms with Crippen molar-refractivity contribution in [3.8, 4) is 0 Å². The van der Waals surface area contributed by atoms with Crippen LogP contribution in [0.2, 0.25) is 0 Å². The van der Waals surface area contributed by atoms with Gasteiger partial charge in [-0.15, -0.1) is 11.6 Å². The van der Waals surface area contributed by atoms with Crippen molar-refractivity contribution in [3.05, 3.63) is 24.2 Å². The van der Waals surface area contributed by atoms with Gasteiger partial charge in [-0.3, -0.25) is 0 Å². The van der Waals surface area contributed by atoms with Crippen molar-refractivity contribution >= 4 is 22.9 Å². The minimum absolute atomic E-state index is 0.132. The summed E-state index contributed by atoms with van der Waals surface area (Å²) in [7, 11) is 0. The van der Waals surface area contributed by atoms with Gasteiger partial charge in [0.2, 0.25) is 0 Å². The van der Waals surface area contributed by atoms with Crippen LogP contribution < -0.4 is 5.32 Å². The molecule has 0 amide bonds. The normalized spacial score (nSPS) is 18.6. The molecule has 0 unspecified atom stereocenters. The highest BCUT2D eigenvalue weighted by Gasteiger charge is 2.32. The van der Waals surface area contributed by atoms with Gasteiger partial charge in [0.15, 0.2) is 5.82 Å². The molecule has 6 heteroatoms. The number of aromatic nitrogens is 3. The molecule has 0 spiro atoms. The number of fused-ring (bicyclic) bond motifs is 1. The van der Waals surface area contributed by atoms with Crippen molar-refractivity contribution in [1.29, 1.82) is 0 Å². The number of rotatable bonds is 3. The third-order valence-electron chi connectivity index (χ3n) is 3.60. The predicted octanol–water partition coefficient (Wildman–Crippen LogP) is 2.24. The van der Waals surface area contributed by atoms with Crippen molar-refractivity contribution in [1.82, 2.24) is 14.6 Å². The fraction of sp³-hybridized carbons (Fsp3) is 0.538. The largest absolute Gasteiger partial charge is 0.381 e. The highest BCUT2D eigenvalue weighted by Crippen LogP contribution is 2.28. The highest BCUT2D eigenvalue weighted by molar-refractivity contribution is 6.18. The monoisotopic (exact) mass is 280 g/mol. The highest BCUT2D eigenvalue weighted by atomic mass is 35.5. The van der Waals surface area contributed by atoms with Crippen molar-refractivity contribution in [2.45, 2.75) is 25.3 Å². The molecule has 2 aromatic heterocycles. The summed E-state index contributed by atoms with van der Waals surface area (Å²) in [5, 5.41) is 7.91. The van der Waals surface area contributed by atoms with E-state index >= 15 is 0 Å². The third-order valence-corrected chi connectivity index (χ3v) is 4.11. The van der Waals surface area contributed by atoms with E-state index in [1.807, 2.05) is 23.7 Å². The summed E-state index contributed by atoms with van der Waals surface area (Å²) in [6, 6.07) is 2.02. The van der Waals surface area contributed by atoms with E-state index in [2.05, 4.69) is 15.4 Å². The number of anilines is 1. The van der Waals surface area contributed by atoms with Crippen molar-refractivity contribution in [2.75, 3.05) is 24.4 Å². The quantitative estimate of drug-likeness (QED) is 0.876. The fourth-order valence-electron chi connectivity index (χ4n) is 2.45. The second kappa shape index (κ2) is 4.98. The second-order valence-electron chi connectivity index (χ2n) is 5.04. The van der Waals surface area contributed by atoms with Crippen molar-refractivity contribution in [3.63, 3.8) is 0 Å². The molecule has 19 heavy (non-hydrogen) atoms. The average molecular weight is 281 g/mol. The van der Waals surface area contributed by atoms with Crippen LogP contribution in [-0.2, 0) is 4.74 Å². The summed E-state index contributed by atoms with van der Waals surface area (Å²) in [5.41, 5.74) is 1.83. The van der Waals surface area contributed by atoms with Crippen molar-refractivity contribution < 1.29 is 4.74 Å². The first-order valence-electron chi connectivity index (χ1n) is 6.45. The van der Waals surface area contributed by atoms with Gasteiger partial charge in [0, 0.05) is 31.5 Å². The number of aryl methyl sites for hydroxylation is 1. The predicted molar refractivity (Wildman–Crippen MR) is 74.9 cm³/mol. The van der Waals surface area contributed by atoms with Gasteiger partial charge in [-0.1, -0.05) is 0 Å². The van der Waals surface area contributed by atoms with E-state index < -0.39 is 0 Å². The summed E-state index contributed by atoms with van der Waals surface area (Å²) in [6.45, 7) is 3.45. The molecular formula is C13H17ClN4O. The number of hydrogen-bond acceptors (Lipinski definition) is 4. The molecule has 0 aromatic carbocycles. The van der Waals surface area contributed by atoms with E-state index in [0.29, 0.717) is 5.88 Å². The first-order valence-corrected chi connectivity index (χ1v) is 6.99. The molecule has 102 valence electrons. The van der Waals surface area contributed by atoms with Gasteiger partial charge >= 0.3 is 0 Å². The van der Waals surface area contributed by atoms with E-state index in [4.69, 9.17) is 16.3 Å². The summed E-state index contributed by atoms with van der Waals surface area (Å²) in [5.74, 6) is 1.39. The molecule has 1 N–H and O–H groups in total. The van der Waals surface area contributed by atoms with Gasteiger partial charge in [-0.25, -0.2) is 9.50 Å². The van der Waals surface area contributed by atoms with E-state index in [9.17, 15) is 0 Å². The fourth-order valence-corrected chi connectivity index (χ4v) is 2.78. The number of ether oxygens (including phenoxy) is 1. The van der Waals surface area contributed by atoms with Gasteiger partial charge in [-0.05, 0) is 25.8 Å². The topological polar surface area (TPSA) is 51.5 Å². The van der Waals surface area contributed by atoms with Gasteiger partial charge < -0.3 is 10.1 Å². The molecule has 0 bridgehead atoms. The smallest absolute Gasteiger partial charge is 0.152 e. The average Bonchev–Trinajstić information content (AvgIpc) is 2.81. The zero-order valence-corrected chi connectivity index (χ0v) is 11.7. The number of halogens is 1. The number of nitrogens with zero attached hydrogens (tertiary/aromatic N) is 3. The molecule has 1 saturated heterocycles. The van der Waals surface area contributed by atoms with Crippen LogP contribution in [0.25, 0.3) is 5.52 Å². The molecule has 1 aliphatic heterocycles. The van der Waals surface area contributed by atoms with Gasteiger partial charge in [0.25, 0.3) is 0 Å². The summed E-state index contributed by atoms with van der Waals surface area (Å²) < 4.78 is 7.26. The molecule has 0 atom stereocenters. The van der Waals surface area contributed by atoms with Crippen LogP contribution in [0.5, 0.6) is 0 Å². The molecule has 3 rings (SSSR count). The number of nitrogens with one attached hydrogen (secondary N) is 1. The lowest BCUT2D eigenvalue weighted by molar-refractivity contribution is 0.0667. The minimum Gasteiger partial charge on any atom is -0.381 e. The summed E-state index contributed by atoms with van der Waals surface area (Å²) in [6.07, 6.45) is 5.40. The minimum atomic E-state index is -0.132. The Bertz CT molecular complexity index is 577. The van der Waals surface area contributed by atoms with Crippen LogP contribution in [0.4, 0.5) is 5.82 Å². The maximum atomic E-state index is 6.18. The Balaban J connectivity index is 1.95. The van der Waals surface area contributed by atoms with Crippen molar-refractivity contribution in [2.24, 2.45) is 0 Å². The van der Waals surface area contributed by atoms with Crippen LogP contribution in [0.15, 0.2) is 18.5 Å². The summed E-state index contributed by atoms with van der Waals surface area (Å²) >= 11 is 6.18. The first kappa shape index (κ1) is 12.7. The third kappa shape index (κ3) is 2.40. The number of alkyl halides is 1. The molecule has 1 aliphatic rings. The Labute approximate surface area is 116 Å². The zero-order valence-electron chi connectivity index (χ0n) is 10.9. The van der Waals surface area contributed by atoms with E-state index in [-0.39, 0.29) is 5.54 Å². The lowest BCUT2D eigenvalue weighted by Gasteiger charge is -2.36. The van der Waals surface area contributed by atoms with Crippen LogP contribution in [0, 0.1) is 6.92 Å². The Morgan fingerprint density at radius 2 is 2.26 bits per heavy atom. The Morgan fingerprint density at radius 1 is 1.47 bits per heavy atom. The molecular weight excluding hydrogens is 264 g/mol. The van der Waals surface area contributed by atoms with Crippen LogP contribution >= 0.6 is 11.6 Å². The van der Waals surface area contributed by atoms with Gasteiger partial charge in [-0.2, -0.15) is 5.10 Å². The van der Waals surface area contributed by atoms with Crippen LogP contribution in [0.3, 0.4) is 0 Å². The maximum absolute atomic E-state index is 6.18. The Kier molecular flexibility index (Phi) is 3.33. The number of hydrogen-bond donors (Lipinski definition) is 1. The summed E-state index contributed by atoms with van der Waals surface area (Å²) in [4.78, 5) is 4.44. The first-order chi connectivity index (χ1) is 9.22. The molecule has 3 heterocycles. The van der Waals surface area contributed by atoms with Gasteiger partial charge in [0.05, 0.1) is 11.2 Å². The van der Waals surface area contributed by atoms with E-state index in [1.54, 1.807) is 6.20 Å².